The molecule has 6 heteroatoms. The Morgan fingerprint density at radius 1 is 1.33 bits per heavy atom. The topological polar surface area (TPSA) is 67.5 Å². The molecule has 0 saturated carbocycles. The van der Waals surface area contributed by atoms with Crippen molar-refractivity contribution < 1.29 is 4.92 Å². The molecule has 0 saturated heterocycles. The molecule has 5 nitrogen and oxygen atoms in total. The second-order valence-corrected chi connectivity index (χ2v) is 3.45. The predicted octanol–water partition coefficient (Wildman–Crippen LogP) is 1.76. The fourth-order valence-electron chi connectivity index (χ4n) is 1.21. The third-order valence-corrected chi connectivity index (χ3v) is 2.41. The number of hydrogen-bond donors (Lipinski definition) is 1. The van der Waals surface area contributed by atoms with Gasteiger partial charge in [-0.2, -0.15) is 5.10 Å². The monoisotopic (exact) mass is 221 g/mol. The fraction of sp³-hybridized carbons (Fsp3) is 0. The highest BCUT2D eigenvalue weighted by molar-refractivity contribution is 8.00. The summed E-state index contributed by atoms with van der Waals surface area (Å²) in [7, 11) is 0. The molecule has 0 unspecified atom stereocenters. The van der Waals surface area contributed by atoms with E-state index in [0.717, 1.165) is 17.5 Å². The van der Waals surface area contributed by atoms with E-state index in [-0.39, 0.29) is 5.70 Å². The van der Waals surface area contributed by atoms with Crippen molar-refractivity contribution >= 4 is 17.7 Å². The van der Waals surface area contributed by atoms with E-state index in [9.17, 15) is 10.1 Å². The summed E-state index contributed by atoms with van der Waals surface area (Å²) in [5, 5.41) is 16.1. The predicted molar refractivity (Wildman–Crippen MR) is 58.8 cm³/mol. The molecule has 1 N–H and O–H groups in total. The van der Waals surface area contributed by atoms with Gasteiger partial charge < -0.3 is 0 Å². The van der Waals surface area contributed by atoms with Crippen LogP contribution in [0.4, 0.5) is 0 Å². The fourth-order valence-corrected chi connectivity index (χ4v) is 1.71. The van der Waals surface area contributed by atoms with E-state index in [2.05, 4.69) is 9.93 Å². The quantitative estimate of drug-likeness (QED) is 0.469. The number of nitro groups is 1. The summed E-state index contributed by atoms with van der Waals surface area (Å²) in [5.74, 6) is 0. The summed E-state index contributed by atoms with van der Waals surface area (Å²) in [6.07, 6.45) is 0. The average Bonchev–Trinajstić information content (AvgIpc) is 2.30. The van der Waals surface area contributed by atoms with Crippen molar-refractivity contribution in [1.29, 1.82) is 0 Å². The first-order chi connectivity index (χ1) is 7.29. The van der Waals surface area contributed by atoms with Crippen molar-refractivity contribution in [3.05, 3.63) is 57.1 Å². The molecule has 0 radical (unpaired) electrons. The molecule has 1 heterocycles. The van der Waals surface area contributed by atoms with Gasteiger partial charge in [0, 0.05) is 17.5 Å². The van der Waals surface area contributed by atoms with Crippen LogP contribution in [0.1, 0.15) is 5.56 Å². The van der Waals surface area contributed by atoms with Crippen LogP contribution in [-0.2, 0) is 0 Å². The lowest BCUT2D eigenvalue weighted by atomic mass is 10.1. The zero-order valence-corrected chi connectivity index (χ0v) is 8.40. The van der Waals surface area contributed by atoms with Crippen molar-refractivity contribution in [2.75, 3.05) is 0 Å². The molecule has 0 aliphatic carbocycles. The minimum Gasteiger partial charge on any atom is -0.258 e. The Morgan fingerprint density at radius 2 is 2.07 bits per heavy atom. The first-order valence-electron chi connectivity index (χ1n) is 4.18. The number of allylic oxidation sites excluding steroid dienone is 1. The molecular formula is C9H7N3O2S. The van der Waals surface area contributed by atoms with Crippen LogP contribution in [0, 0.1) is 10.1 Å². The summed E-state index contributed by atoms with van der Waals surface area (Å²) in [6.45, 7) is 0. The van der Waals surface area contributed by atoms with Gasteiger partial charge in [-0.3, -0.25) is 10.1 Å². The molecule has 1 aliphatic heterocycles. The summed E-state index contributed by atoms with van der Waals surface area (Å²) in [6, 6.07) is 9.06. The van der Waals surface area contributed by atoms with Crippen LogP contribution in [0.25, 0.3) is 0 Å². The summed E-state index contributed by atoms with van der Waals surface area (Å²) < 4.78 is 0. The van der Waals surface area contributed by atoms with Gasteiger partial charge in [0.05, 0.1) is 10.3 Å². The van der Waals surface area contributed by atoms with Crippen LogP contribution < -0.4 is 4.83 Å². The van der Waals surface area contributed by atoms with Crippen molar-refractivity contribution in [3.8, 4) is 0 Å². The average molecular weight is 221 g/mol. The molecule has 1 aromatic carbocycles. The third-order valence-electron chi connectivity index (χ3n) is 1.87. The second-order valence-electron chi connectivity index (χ2n) is 2.80. The molecule has 0 atom stereocenters. The second kappa shape index (κ2) is 4.14. The minimum absolute atomic E-state index is 0.0185. The number of hydrogen-bond acceptors (Lipinski definition) is 5. The molecule has 0 spiro atoms. The SMILES string of the molecule is O=[N+]([O-])C1=CSNN=C1c1ccccc1. The number of nitrogens with zero attached hydrogens (tertiary/aromatic N) is 2. The summed E-state index contributed by atoms with van der Waals surface area (Å²) >= 11 is 1.09. The normalized spacial score (nSPS) is 14.9. The first-order valence-corrected chi connectivity index (χ1v) is 5.05. The molecule has 1 aliphatic rings. The van der Waals surface area contributed by atoms with E-state index in [0.29, 0.717) is 5.71 Å². The first kappa shape index (κ1) is 9.72. The van der Waals surface area contributed by atoms with Crippen molar-refractivity contribution in [2.45, 2.75) is 0 Å². The lowest BCUT2D eigenvalue weighted by Gasteiger charge is -2.08. The van der Waals surface area contributed by atoms with Crippen molar-refractivity contribution in [1.82, 2.24) is 4.83 Å². The standard InChI is InChI=1S/C9H7N3O2S/c13-12(14)8-6-15-11-10-9(8)7-4-2-1-3-5-7/h1-6,11H. The van der Waals surface area contributed by atoms with E-state index in [4.69, 9.17) is 0 Å². The molecule has 1 aromatic rings. The Bertz CT molecular complexity index is 442. The molecule has 0 aromatic heterocycles. The Balaban J connectivity index is 2.40. The highest BCUT2D eigenvalue weighted by Crippen LogP contribution is 2.17. The minimum atomic E-state index is -0.431. The van der Waals surface area contributed by atoms with E-state index in [1.54, 1.807) is 12.1 Å². The Hall–Kier alpha value is -1.82. The van der Waals surface area contributed by atoms with Gasteiger partial charge in [0.15, 0.2) is 5.71 Å². The number of rotatable bonds is 2. The van der Waals surface area contributed by atoms with E-state index in [1.165, 1.54) is 5.41 Å². The number of hydrazone groups is 1. The number of benzene rings is 1. The van der Waals surface area contributed by atoms with Crippen LogP contribution in [0.3, 0.4) is 0 Å². The van der Waals surface area contributed by atoms with Gasteiger partial charge in [0.2, 0.25) is 0 Å². The summed E-state index contributed by atoms with van der Waals surface area (Å²) in [4.78, 5) is 13.0. The molecular weight excluding hydrogens is 214 g/mol. The van der Waals surface area contributed by atoms with Crippen LogP contribution >= 0.6 is 11.9 Å². The number of nitrogens with one attached hydrogen (secondary N) is 1. The van der Waals surface area contributed by atoms with Crippen molar-refractivity contribution in [2.24, 2.45) is 5.10 Å². The van der Waals surface area contributed by atoms with Crippen LogP contribution in [0.5, 0.6) is 0 Å². The van der Waals surface area contributed by atoms with Gasteiger partial charge in [-0.15, -0.1) is 0 Å². The molecule has 15 heavy (non-hydrogen) atoms. The van der Waals surface area contributed by atoms with E-state index < -0.39 is 4.92 Å². The zero-order valence-electron chi connectivity index (χ0n) is 7.58. The Morgan fingerprint density at radius 3 is 2.73 bits per heavy atom. The van der Waals surface area contributed by atoms with Gasteiger partial charge in [-0.1, -0.05) is 30.3 Å². The van der Waals surface area contributed by atoms with E-state index in [1.807, 2.05) is 18.2 Å². The van der Waals surface area contributed by atoms with Crippen LogP contribution in [-0.4, -0.2) is 10.6 Å². The van der Waals surface area contributed by atoms with Gasteiger partial charge in [0.25, 0.3) is 0 Å². The zero-order chi connectivity index (χ0) is 10.7. The Labute approximate surface area is 90.2 Å². The maximum Gasteiger partial charge on any atom is 0.305 e. The van der Waals surface area contributed by atoms with Gasteiger partial charge in [0.1, 0.15) is 0 Å². The molecule has 0 amide bonds. The van der Waals surface area contributed by atoms with Crippen molar-refractivity contribution in [3.63, 3.8) is 0 Å². The molecule has 0 fully saturated rings. The Kier molecular flexibility index (Phi) is 2.68. The van der Waals surface area contributed by atoms with Gasteiger partial charge >= 0.3 is 5.70 Å². The smallest absolute Gasteiger partial charge is 0.258 e. The molecule has 0 bridgehead atoms. The maximum atomic E-state index is 10.8. The lowest BCUT2D eigenvalue weighted by molar-refractivity contribution is -0.414. The van der Waals surface area contributed by atoms with Gasteiger partial charge in [-0.05, 0) is 0 Å². The molecule has 76 valence electrons. The highest BCUT2D eigenvalue weighted by Gasteiger charge is 2.23. The van der Waals surface area contributed by atoms with Gasteiger partial charge in [-0.25, -0.2) is 4.83 Å². The van der Waals surface area contributed by atoms with E-state index >= 15 is 0 Å². The molecule has 2 rings (SSSR count). The maximum absolute atomic E-state index is 10.8. The van der Waals surface area contributed by atoms with Crippen LogP contribution in [0.15, 0.2) is 46.5 Å². The lowest BCUT2D eigenvalue weighted by Crippen LogP contribution is -2.18. The highest BCUT2D eigenvalue weighted by atomic mass is 32.2. The summed E-state index contributed by atoms with van der Waals surface area (Å²) in [5.41, 5.74) is 1.11. The van der Waals surface area contributed by atoms with Crippen LogP contribution in [0.2, 0.25) is 0 Å². The third kappa shape index (κ3) is 1.99. The largest absolute Gasteiger partial charge is 0.305 e.